The fourth-order valence-electron chi connectivity index (χ4n) is 2.95. The molecular formula is C21H19BrN2O2. The summed E-state index contributed by atoms with van der Waals surface area (Å²) in [4.78, 5) is 12.8. The molecule has 1 aromatic heterocycles. The van der Waals surface area contributed by atoms with Gasteiger partial charge in [0.05, 0.1) is 7.11 Å². The summed E-state index contributed by atoms with van der Waals surface area (Å²) in [6.45, 7) is 2.07. The molecule has 0 amide bonds. The third kappa shape index (κ3) is 4.17. The van der Waals surface area contributed by atoms with Gasteiger partial charge in [-0.2, -0.15) is 0 Å². The number of halogens is 1. The lowest BCUT2D eigenvalue weighted by molar-refractivity contribution is 0.0971. The molecule has 0 aliphatic heterocycles. The largest absolute Gasteiger partial charge is 0.480 e. The second kappa shape index (κ2) is 8.23. The topological polar surface area (TPSA) is 52.1 Å². The van der Waals surface area contributed by atoms with Crippen LogP contribution in [0, 0.1) is 6.92 Å². The number of ether oxygens (including phenoxy) is 1. The normalized spacial score (nSPS) is 11.8. The smallest absolute Gasteiger partial charge is 0.233 e. The van der Waals surface area contributed by atoms with Crippen LogP contribution in [0.4, 0.5) is 0 Å². The molecule has 26 heavy (non-hydrogen) atoms. The first-order valence-electron chi connectivity index (χ1n) is 8.30. The Morgan fingerprint density at radius 2 is 1.77 bits per heavy atom. The molecule has 0 saturated heterocycles. The van der Waals surface area contributed by atoms with Crippen molar-refractivity contribution in [2.75, 3.05) is 7.11 Å². The Morgan fingerprint density at radius 3 is 2.38 bits per heavy atom. The molecule has 1 atom stereocenters. The van der Waals surface area contributed by atoms with E-state index in [1.807, 2.05) is 36.4 Å². The lowest BCUT2D eigenvalue weighted by atomic mass is 9.84. The van der Waals surface area contributed by atoms with E-state index in [1.165, 1.54) is 7.11 Å². The molecule has 0 unspecified atom stereocenters. The van der Waals surface area contributed by atoms with E-state index in [0.717, 1.165) is 21.2 Å². The maximum atomic E-state index is 12.8. The van der Waals surface area contributed by atoms with Gasteiger partial charge in [0.25, 0.3) is 0 Å². The van der Waals surface area contributed by atoms with Crippen LogP contribution >= 0.6 is 15.9 Å². The highest BCUT2D eigenvalue weighted by Gasteiger charge is 2.21. The Labute approximate surface area is 161 Å². The van der Waals surface area contributed by atoms with Gasteiger partial charge in [0, 0.05) is 22.9 Å². The van der Waals surface area contributed by atoms with Gasteiger partial charge in [-0.3, -0.25) is 4.79 Å². The SMILES string of the molecule is COc1ccc(C(=O)C[C@H](c2ccc(Br)cc2)c2ccccc2C)nn1. The molecule has 5 heteroatoms. The molecular weight excluding hydrogens is 392 g/mol. The Balaban J connectivity index is 1.94. The number of benzene rings is 2. The molecule has 0 aliphatic carbocycles. The molecule has 0 radical (unpaired) electrons. The van der Waals surface area contributed by atoms with Crippen LogP contribution in [0.1, 0.15) is 39.5 Å². The predicted molar refractivity (Wildman–Crippen MR) is 105 cm³/mol. The highest BCUT2D eigenvalue weighted by atomic mass is 79.9. The molecule has 3 rings (SSSR count). The van der Waals surface area contributed by atoms with E-state index in [4.69, 9.17) is 4.74 Å². The summed E-state index contributed by atoms with van der Waals surface area (Å²) >= 11 is 3.47. The zero-order valence-corrected chi connectivity index (χ0v) is 16.2. The minimum Gasteiger partial charge on any atom is -0.480 e. The molecule has 0 bridgehead atoms. The van der Waals surface area contributed by atoms with E-state index in [1.54, 1.807) is 12.1 Å². The average molecular weight is 411 g/mol. The zero-order valence-electron chi connectivity index (χ0n) is 14.6. The number of Topliss-reactive ketones (excluding diaryl/α,β-unsaturated/α-hetero) is 1. The van der Waals surface area contributed by atoms with Crippen molar-refractivity contribution in [3.63, 3.8) is 0 Å². The van der Waals surface area contributed by atoms with Crippen molar-refractivity contribution in [1.82, 2.24) is 10.2 Å². The van der Waals surface area contributed by atoms with E-state index in [2.05, 4.69) is 45.2 Å². The van der Waals surface area contributed by atoms with E-state index < -0.39 is 0 Å². The third-order valence-corrected chi connectivity index (χ3v) is 4.89. The molecule has 0 saturated carbocycles. The molecule has 132 valence electrons. The van der Waals surface area contributed by atoms with Crippen molar-refractivity contribution in [2.45, 2.75) is 19.3 Å². The van der Waals surface area contributed by atoms with E-state index in [9.17, 15) is 4.79 Å². The number of carbonyl (C=O) groups excluding carboxylic acids is 1. The highest BCUT2D eigenvalue weighted by molar-refractivity contribution is 9.10. The number of rotatable bonds is 6. The van der Waals surface area contributed by atoms with Gasteiger partial charge in [-0.15, -0.1) is 10.2 Å². The monoisotopic (exact) mass is 410 g/mol. The number of nitrogens with zero attached hydrogens (tertiary/aromatic N) is 2. The molecule has 0 aliphatic rings. The van der Waals surface area contributed by atoms with Crippen LogP contribution in [-0.2, 0) is 0 Å². The van der Waals surface area contributed by atoms with Crippen LogP contribution in [0.3, 0.4) is 0 Å². The quantitative estimate of drug-likeness (QED) is 0.538. The first-order valence-corrected chi connectivity index (χ1v) is 9.09. The maximum absolute atomic E-state index is 12.8. The summed E-state index contributed by atoms with van der Waals surface area (Å²) < 4.78 is 6.02. The van der Waals surface area contributed by atoms with Crippen LogP contribution in [0.2, 0.25) is 0 Å². The van der Waals surface area contributed by atoms with E-state index in [-0.39, 0.29) is 11.7 Å². The number of aromatic nitrogens is 2. The minimum atomic E-state index is -0.0451. The van der Waals surface area contributed by atoms with Crippen LogP contribution in [0.5, 0.6) is 5.88 Å². The molecule has 2 aromatic carbocycles. The Kier molecular flexibility index (Phi) is 5.78. The van der Waals surface area contributed by atoms with Crippen LogP contribution in [0.25, 0.3) is 0 Å². The number of aryl methyl sites for hydroxylation is 1. The second-order valence-corrected chi connectivity index (χ2v) is 6.96. The number of ketones is 1. The minimum absolute atomic E-state index is 0.0410. The summed E-state index contributed by atoms with van der Waals surface area (Å²) in [6, 6.07) is 19.6. The van der Waals surface area contributed by atoms with Gasteiger partial charge in [-0.25, -0.2) is 0 Å². The number of hydrogen-bond acceptors (Lipinski definition) is 4. The standard InChI is InChI=1S/C21H19BrN2O2/c1-14-5-3-4-6-17(14)18(15-7-9-16(22)10-8-15)13-20(25)19-11-12-21(26-2)24-23-19/h3-12,18H,13H2,1-2H3/t18-/m1/s1. The fourth-order valence-corrected chi connectivity index (χ4v) is 3.21. The van der Waals surface area contributed by atoms with Crippen molar-refractivity contribution in [3.8, 4) is 5.88 Å². The van der Waals surface area contributed by atoms with E-state index in [0.29, 0.717) is 18.0 Å². The average Bonchev–Trinajstić information content (AvgIpc) is 2.67. The Hall–Kier alpha value is -2.53. The van der Waals surface area contributed by atoms with Gasteiger partial charge in [-0.1, -0.05) is 52.3 Å². The molecule has 0 spiro atoms. The Morgan fingerprint density at radius 1 is 1.04 bits per heavy atom. The molecule has 0 N–H and O–H groups in total. The first kappa shape index (κ1) is 18.3. The second-order valence-electron chi connectivity index (χ2n) is 6.05. The lowest BCUT2D eigenvalue weighted by Crippen LogP contribution is -2.12. The number of hydrogen-bond donors (Lipinski definition) is 0. The molecule has 4 nitrogen and oxygen atoms in total. The van der Waals surface area contributed by atoms with Crippen LogP contribution < -0.4 is 4.74 Å². The van der Waals surface area contributed by atoms with Gasteiger partial charge in [0.15, 0.2) is 5.78 Å². The Bertz CT molecular complexity index is 893. The molecule has 0 fully saturated rings. The van der Waals surface area contributed by atoms with Gasteiger partial charge in [0.2, 0.25) is 5.88 Å². The maximum Gasteiger partial charge on any atom is 0.233 e. The van der Waals surface area contributed by atoms with Crippen LogP contribution in [0.15, 0.2) is 65.1 Å². The van der Waals surface area contributed by atoms with Crippen molar-refractivity contribution in [2.24, 2.45) is 0 Å². The van der Waals surface area contributed by atoms with Gasteiger partial charge in [0.1, 0.15) is 5.69 Å². The predicted octanol–water partition coefficient (Wildman–Crippen LogP) is 4.96. The fraction of sp³-hybridized carbons (Fsp3) is 0.190. The number of carbonyl (C=O) groups is 1. The third-order valence-electron chi connectivity index (χ3n) is 4.36. The molecule has 3 aromatic rings. The van der Waals surface area contributed by atoms with Crippen molar-refractivity contribution in [3.05, 3.63) is 87.5 Å². The van der Waals surface area contributed by atoms with Gasteiger partial charge < -0.3 is 4.74 Å². The van der Waals surface area contributed by atoms with E-state index >= 15 is 0 Å². The molecule has 1 heterocycles. The van der Waals surface area contributed by atoms with Gasteiger partial charge >= 0.3 is 0 Å². The first-order chi connectivity index (χ1) is 12.6. The van der Waals surface area contributed by atoms with Crippen LogP contribution in [-0.4, -0.2) is 23.1 Å². The van der Waals surface area contributed by atoms with Crippen molar-refractivity contribution in [1.29, 1.82) is 0 Å². The zero-order chi connectivity index (χ0) is 18.5. The lowest BCUT2D eigenvalue weighted by Gasteiger charge is -2.19. The van der Waals surface area contributed by atoms with Crippen molar-refractivity contribution >= 4 is 21.7 Å². The highest BCUT2D eigenvalue weighted by Crippen LogP contribution is 2.32. The van der Waals surface area contributed by atoms with Gasteiger partial charge in [-0.05, 0) is 41.8 Å². The summed E-state index contributed by atoms with van der Waals surface area (Å²) in [5.74, 6) is 0.307. The van der Waals surface area contributed by atoms with Crippen molar-refractivity contribution < 1.29 is 9.53 Å². The summed E-state index contributed by atoms with van der Waals surface area (Å²) in [6.07, 6.45) is 0.327. The summed E-state index contributed by atoms with van der Waals surface area (Å²) in [5, 5.41) is 7.90. The summed E-state index contributed by atoms with van der Waals surface area (Å²) in [7, 11) is 1.52. The summed E-state index contributed by atoms with van der Waals surface area (Å²) in [5.41, 5.74) is 3.75. The number of methoxy groups -OCH3 is 1.